The van der Waals surface area contributed by atoms with Gasteiger partial charge in [-0.2, -0.15) is 0 Å². The Hall–Kier alpha value is -1.99. The van der Waals surface area contributed by atoms with E-state index in [1.807, 2.05) is 13.8 Å². The van der Waals surface area contributed by atoms with Crippen LogP contribution in [0.5, 0.6) is 0 Å². The van der Waals surface area contributed by atoms with Gasteiger partial charge in [-0.25, -0.2) is 0 Å². The van der Waals surface area contributed by atoms with Crippen molar-refractivity contribution in [2.45, 2.75) is 25.6 Å². The maximum atomic E-state index is 12.6. The SMILES string of the molecule is CC1(C)CN(C(=O)c2ccccc2[N+](=O)[O-])CC(CO)O1. The van der Waals surface area contributed by atoms with Crippen molar-refractivity contribution in [2.24, 2.45) is 0 Å². The second-order valence-corrected chi connectivity index (χ2v) is 5.64. The number of benzene rings is 1. The molecule has 1 atom stereocenters. The topological polar surface area (TPSA) is 92.9 Å². The van der Waals surface area contributed by atoms with Crippen LogP contribution < -0.4 is 0 Å². The molecule has 7 nitrogen and oxygen atoms in total. The fourth-order valence-corrected chi connectivity index (χ4v) is 2.53. The predicted octanol–water partition coefficient (Wildman–Crippen LogP) is 1.21. The van der Waals surface area contributed by atoms with Crippen LogP contribution >= 0.6 is 0 Å². The van der Waals surface area contributed by atoms with Crippen LogP contribution in [0.25, 0.3) is 0 Å². The number of ether oxygens (including phenoxy) is 1. The van der Waals surface area contributed by atoms with Crippen LogP contribution in [0.2, 0.25) is 0 Å². The molecule has 21 heavy (non-hydrogen) atoms. The summed E-state index contributed by atoms with van der Waals surface area (Å²) < 4.78 is 5.64. The average molecular weight is 294 g/mol. The highest BCUT2D eigenvalue weighted by Gasteiger charge is 2.37. The second-order valence-electron chi connectivity index (χ2n) is 5.64. The molecule has 1 heterocycles. The predicted molar refractivity (Wildman–Crippen MR) is 75.0 cm³/mol. The minimum atomic E-state index is -0.606. The lowest BCUT2D eigenvalue weighted by Gasteiger charge is -2.42. The van der Waals surface area contributed by atoms with E-state index in [1.165, 1.54) is 23.1 Å². The summed E-state index contributed by atoms with van der Waals surface area (Å²) in [5, 5.41) is 20.3. The van der Waals surface area contributed by atoms with E-state index in [4.69, 9.17) is 4.74 Å². The third kappa shape index (κ3) is 3.37. The summed E-state index contributed by atoms with van der Waals surface area (Å²) in [5.41, 5.74) is -0.769. The minimum Gasteiger partial charge on any atom is -0.394 e. The first-order chi connectivity index (χ1) is 9.84. The molecule has 1 aliphatic heterocycles. The Morgan fingerprint density at radius 3 is 2.81 bits per heavy atom. The number of nitro benzene ring substituents is 1. The molecular weight excluding hydrogens is 276 g/mol. The summed E-state index contributed by atoms with van der Waals surface area (Å²) >= 11 is 0. The van der Waals surface area contributed by atoms with Crippen LogP contribution in [0, 0.1) is 10.1 Å². The first-order valence-corrected chi connectivity index (χ1v) is 6.65. The number of hydrogen-bond donors (Lipinski definition) is 1. The highest BCUT2D eigenvalue weighted by atomic mass is 16.6. The van der Waals surface area contributed by atoms with E-state index in [0.29, 0.717) is 6.54 Å². The molecule has 1 N–H and O–H groups in total. The number of amides is 1. The normalized spacial score (nSPS) is 21.1. The van der Waals surface area contributed by atoms with Gasteiger partial charge in [0, 0.05) is 19.2 Å². The molecule has 0 spiro atoms. The van der Waals surface area contributed by atoms with Crippen molar-refractivity contribution in [1.29, 1.82) is 0 Å². The molecule has 2 rings (SSSR count). The Morgan fingerprint density at radius 2 is 2.19 bits per heavy atom. The summed E-state index contributed by atoms with van der Waals surface area (Å²) in [6.45, 7) is 3.95. The lowest BCUT2D eigenvalue weighted by molar-refractivity contribution is -0.385. The Bertz CT molecular complexity index is 558. The van der Waals surface area contributed by atoms with Crippen LogP contribution in [0.4, 0.5) is 5.69 Å². The van der Waals surface area contributed by atoms with Crippen molar-refractivity contribution in [2.75, 3.05) is 19.7 Å². The first kappa shape index (κ1) is 15.4. The second kappa shape index (κ2) is 5.79. The Kier molecular flexibility index (Phi) is 4.24. The summed E-state index contributed by atoms with van der Waals surface area (Å²) in [4.78, 5) is 24.5. The van der Waals surface area contributed by atoms with Gasteiger partial charge in [0.05, 0.1) is 23.2 Å². The van der Waals surface area contributed by atoms with Crippen LogP contribution in [0.3, 0.4) is 0 Å². The zero-order valence-electron chi connectivity index (χ0n) is 12.0. The number of carbonyl (C=O) groups is 1. The number of nitro groups is 1. The van der Waals surface area contributed by atoms with Crippen LogP contribution in [-0.4, -0.2) is 52.2 Å². The number of nitrogens with zero attached hydrogens (tertiary/aromatic N) is 2. The Morgan fingerprint density at radius 1 is 1.52 bits per heavy atom. The van der Waals surface area contributed by atoms with Crippen LogP contribution in [0.15, 0.2) is 24.3 Å². The third-order valence-electron chi connectivity index (χ3n) is 3.30. The van der Waals surface area contributed by atoms with E-state index in [1.54, 1.807) is 6.07 Å². The van der Waals surface area contributed by atoms with Crippen molar-refractivity contribution < 1.29 is 19.6 Å². The molecule has 1 aromatic rings. The zero-order valence-corrected chi connectivity index (χ0v) is 12.0. The molecule has 7 heteroatoms. The molecule has 0 saturated carbocycles. The molecule has 1 unspecified atom stereocenters. The van der Waals surface area contributed by atoms with Gasteiger partial charge >= 0.3 is 0 Å². The Balaban J connectivity index is 2.29. The van der Waals surface area contributed by atoms with Gasteiger partial charge in [0.2, 0.25) is 0 Å². The van der Waals surface area contributed by atoms with Gasteiger partial charge in [0.15, 0.2) is 0 Å². The number of hydrogen-bond acceptors (Lipinski definition) is 5. The molecule has 0 bridgehead atoms. The molecule has 0 radical (unpaired) electrons. The number of carbonyl (C=O) groups excluding carboxylic acids is 1. The van der Waals surface area contributed by atoms with Gasteiger partial charge < -0.3 is 14.7 Å². The number of morpholine rings is 1. The average Bonchev–Trinajstić information content (AvgIpc) is 2.44. The largest absolute Gasteiger partial charge is 0.394 e. The van der Waals surface area contributed by atoms with Gasteiger partial charge in [-0.3, -0.25) is 14.9 Å². The number of aliphatic hydroxyl groups excluding tert-OH is 1. The monoisotopic (exact) mass is 294 g/mol. The quantitative estimate of drug-likeness (QED) is 0.668. The summed E-state index contributed by atoms with van der Waals surface area (Å²) in [5.74, 6) is -0.419. The van der Waals surface area contributed by atoms with Crippen molar-refractivity contribution in [3.8, 4) is 0 Å². The molecule has 1 saturated heterocycles. The van der Waals surface area contributed by atoms with Gasteiger partial charge in [0.1, 0.15) is 5.56 Å². The van der Waals surface area contributed by atoms with Crippen molar-refractivity contribution in [1.82, 2.24) is 4.90 Å². The van der Waals surface area contributed by atoms with E-state index in [-0.39, 0.29) is 24.4 Å². The van der Waals surface area contributed by atoms with Crippen LogP contribution in [-0.2, 0) is 4.74 Å². The molecule has 0 aliphatic carbocycles. The van der Waals surface area contributed by atoms with E-state index >= 15 is 0 Å². The van der Waals surface area contributed by atoms with E-state index in [0.717, 1.165) is 0 Å². The first-order valence-electron chi connectivity index (χ1n) is 6.65. The fraction of sp³-hybridized carbons (Fsp3) is 0.500. The van der Waals surface area contributed by atoms with Crippen LogP contribution in [0.1, 0.15) is 24.2 Å². The summed E-state index contributed by atoms with van der Waals surface area (Å²) in [6.07, 6.45) is -0.486. The lowest BCUT2D eigenvalue weighted by atomic mass is 10.0. The molecule has 0 aromatic heterocycles. The molecule has 1 aliphatic rings. The fourth-order valence-electron chi connectivity index (χ4n) is 2.53. The standard InChI is InChI=1S/C14H18N2O5/c1-14(2)9-15(7-10(8-17)21-14)13(18)11-5-3-4-6-12(11)16(19)20/h3-6,10,17H,7-9H2,1-2H3. The summed E-state index contributed by atoms with van der Waals surface area (Å²) in [7, 11) is 0. The third-order valence-corrected chi connectivity index (χ3v) is 3.30. The lowest BCUT2D eigenvalue weighted by Crippen LogP contribution is -2.55. The van der Waals surface area contributed by atoms with E-state index < -0.39 is 22.5 Å². The van der Waals surface area contributed by atoms with Gasteiger partial charge in [-0.05, 0) is 19.9 Å². The van der Waals surface area contributed by atoms with E-state index in [2.05, 4.69) is 0 Å². The molecule has 1 fully saturated rings. The molecule has 1 aromatic carbocycles. The van der Waals surface area contributed by atoms with Crippen molar-refractivity contribution >= 4 is 11.6 Å². The highest BCUT2D eigenvalue weighted by Crippen LogP contribution is 2.25. The maximum Gasteiger partial charge on any atom is 0.282 e. The number of para-hydroxylation sites is 1. The smallest absolute Gasteiger partial charge is 0.282 e. The molecule has 1 amide bonds. The van der Waals surface area contributed by atoms with E-state index in [9.17, 15) is 20.0 Å². The minimum absolute atomic E-state index is 0.0527. The zero-order chi connectivity index (χ0) is 15.6. The highest BCUT2D eigenvalue weighted by molar-refractivity contribution is 5.98. The van der Waals surface area contributed by atoms with Crippen molar-refractivity contribution in [3.05, 3.63) is 39.9 Å². The maximum absolute atomic E-state index is 12.6. The number of aliphatic hydroxyl groups is 1. The van der Waals surface area contributed by atoms with Crippen molar-refractivity contribution in [3.63, 3.8) is 0 Å². The van der Waals surface area contributed by atoms with Gasteiger partial charge in [-0.15, -0.1) is 0 Å². The molecular formula is C14H18N2O5. The number of rotatable bonds is 3. The van der Waals surface area contributed by atoms with Gasteiger partial charge in [-0.1, -0.05) is 12.1 Å². The van der Waals surface area contributed by atoms with Gasteiger partial charge in [0.25, 0.3) is 11.6 Å². The summed E-state index contributed by atoms with van der Waals surface area (Å²) in [6, 6.07) is 5.86. The molecule has 114 valence electrons. The Labute approximate surface area is 122 Å².